The summed E-state index contributed by atoms with van der Waals surface area (Å²) in [6.07, 6.45) is 0.547. The first kappa shape index (κ1) is 22.8. The van der Waals surface area contributed by atoms with Gasteiger partial charge in [-0.25, -0.2) is 0 Å². The van der Waals surface area contributed by atoms with Gasteiger partial charge in [-0.05, 0) is 41.0 Å². The van der Waals surface area contributed by atoms with Crippen LogP contribution in [0.15, 0.2) is 66.2 Å². The van der Waals surface area contributed by atoms with Crippen LogP contribution in [0.1, 0.15) is 23.6 Å². The lowest BCUT2D eigenvalue weighted by atomic mass is 9.91. The zero-order chi connectivity index (χ0) is 23.5. The Morgan fingerprint density at radius 2 is 1.82 bits per heavy atom. The van der Waals surface area contributed by atoms with Crippen molar-refractivity contribution in [3.63, 3.8) is 0 Å². The van der Waals surface area contributed by atoms with Gasteiger partial charge in [0, 0.05) is 25.3 Å². The molecule has 0 saturated carbocycles. The number of halogens is 1. The second kappa shape index (κ2) is 9.65. The highest BCUT2D eigenvalue weighted by molar-refractivity contribution is 6.46. The van der Waals surface area contributed by atoms with Gasteiger partial charge in [-0.15, -0.1) is 0 Å². The lowest BCUT2D eigenvalue weighted by molar-refractivity contribution is -0.140. The Morgan fingerprint density at radius 1 is 1.06 bits per heavy atom. The van der Waals surface area contributed by atoms with E-state index in [4.69, 9.17) is 21.1 Å². The molecule has 0 radical (unpaired) electrons. The number of methoxy groups -OCH3 is 2. The van der Waals surface area contributed by atoms with Crippen LogP contribution in [0.2, 0.25) is 5.02 Å². The Balaban J connectivity index is 1.96. The first-order chi connectivity index (χ1) is 16.0. The summed E-state index contributed by atoms with van der Waals surface area (Å²) in [6.45, 7) is 0.739. The molecule has 6 nitrogen and oxygen atoms in total. The molecule has 33 heavy (non-hydrogen) atoms. The highest BCUT2D eigenvalue weighted by atomic mass is 35.5. The third-order valence-corrected chi connectivity index (χ3v) is 6.06. The van der Waals surface area contributed by atoms with Gasteiger partial charge < -0.3 is 19.5 Å². The number of hydrogen-bond donors (Lipinski definition) is 1. The van der Waals surface area contributed by atoms with Gasteiger partial charge in [0.1, 0.15) is 11.5 Å². The SMILES string of the molecule is COCCCN1C(=O)C(=O)/C(=C(/O)c2cc(Cl)ccc2OC)C1c1cccc2ccccc12. The molecule has 1 amide bonds. The molecule has 0 aromatic heterocycles. The Hall–Kier alpha value is -3.35. The number of aliphatic hydroxyl groups excluding tert-OH is 1. The summed E-state index contributed by atoms with van der Waals surface area (Å²) in [6, 6.07) is 17.5. The predicted molar refractivity (Wildman–Crippen MR) is 127 cm³/mol. The molecule has 1 saturated heterocycles. The maximum atomic E-state index is 13.3. The third-order valence-electron chi connectivity index (χ3n) is 5.82. The number of amides is 1. The van der Waals surface area contributed by atoms with Crippen molar-refractivity contribution in [3.8, 4) is 5.75 Å². The van der Waals surface area contributed by atoms with Crippen LogP contribution >= 0.6 is 11.6 Å². The lowest BCUT2D eigenvalue weighted by Gasteiger charge is -2.26. The number of fused-ring (bicyclic) bond motifs is 1. The number of rotatable bonds is 7. The smallest absolute Gasteiger partial charge is 0.295 e. The van der Waals surface area contributed by atoms with Crippen LogP contribution < -0.4 is 4.74 Å². The van der Waals surface area contributed by atoms with Crippen LogP contribution in [0.3, 0.4) is 0 Å². The number of nitrogens with zero attached hydrogens (tertiary/aromatic N) is 1. The molecule has 1 aliphatic rings. The van der Waals surface area contributed by atoms with Crippen molar-refractivity contribution in [2.24, 2.45) is 0 Å². The zero-order valence-electron chi connectivity index (χ0n) is 18.4. The zero-order valence-corrected chi connectivity index (χ0v) is 19.1. The summed E-state index contributed by atoms with van der Waals surface area (Å²) in [5.74, 6) is -1.38. The molecule has 0 aliphatic carbocycles. The Labute approximate surface area is 197 Å². The maximum Gasteiger partial charge on any atom is 0.295 e. The van der Waals surface area contributed by atoms with E-state index in [-0.39, 0.29) is 16.9 Å². The van der Waals surface area contributed by atoms with Crippen molar-refractivity contribution in [2.45, 2.75) is 12.5 Å². The van der Waals surface area contributed by atoms with Crippen molar-refractivity contribution >= 4 is 39.8 Å². The fourth-order valence-electron chi connectivity index (χ4n) is 4.31. The summed E-state index contributed by atoms with van der Waals surface area (Å²) in [4.78, 5) is 27.9. The number of hydrogen-bond acceptors (Lipinski definition) is 5. The van der Waals surface area contributed by atoms with Crippen LogP contribution in [0.5, 0.6) is 5.75 Å². The molecule has 0 bridgehead atoms. The van der Waals surface area contributed by atoms with Gasteiger partial charge in [0.2, 0.25) is 0 Å². The molecule has 1 fully saturated rings. The molecule has 170 valence electrons. The molecule has 7 heteroatoms. The number of carbonyl (C=O) groups is 2. The average Bonchev–Trinajstić information content (AvgIpc) is 3.08. The van der Waals surface area contributed by atoms with Crippen molar-refractivity contribution in [2.75, 3.05) is 27.4 Å². The van der Waals surface area contributed by atoms with Crippen molar-refractivity contribution in [1.29, 1.82) is 0 Å². The van der Waals surface area contributed by atoms with Gasteiger partial charge in [-0.2, -0.15) is 0 Å². The van der Waals surface area contributed by atoms with Gasteiger partial charge in [-0.1, -0.05) is 54.1 Å². The molecule has 3 aromatic rings. The minimum Gasteiger partial charge on any atom is -0.507 e. The Kier molecular flexibility index (Phi) is 6.67. The minimum atomic E-state index is -0.767. The van der Waals surface area contributed by atoms with Gasteiger partial charge in [0.25, 0.3) is 11.7 Å². The van der Waals surface area contributed by atoms with Gasteiger partial charge >= 0.3 is 0 Å². The largest absolute Gasteiger partial charge is 0.507 e. The monoisotopic (exact) mass is 465 g/mol. The number of carbonyl (C=O) groups excluding carboxylic acids is 2. The fraction of sp³-hybridized carbons (Fsp3) is 0.231. The number of likely N-dealkylation sites (tertiary alicyclic amines) is 1. The van der Waals surface area contributed by atoms with Crippen LogP contribution in [0.4, 0.5) is 0 Å². The third kappa shape index (κ3) is 4.19. The average molecular weight is 466 g/mol. The van der Waals surface area contributed by atoms with Crippen LogP contribution in [-0.4, -0.2) is 49.1 Å². The van der Waals surface area contributed by atoms with Crippen LogP contribution in [0, 0.1) is 0 Å². The number of benzene rings is 3. The first-order valence-electron chi connectivity index (χ1n) is 10.6. The number of aliphatic hydroxyl groups is 1. The van der Waals surface area contributed by atoms with E-state index in [2.05, 4.69) is 0 Å². The molecule has 3 aromatic carbocycles. The predicted octanol–water partition coefficient (Wildman–Crippen LogP) is 4.96. The van der Waals surface area contributed by atoms with E-state index in [0.29, 0.717) is 30.3 Å². The summed E-state index contributed by atoms with van der Waals surface area (Å²) in [7, 11) is 3.05. The topological polar surface area (TPSA) is 76.1 Å². The fourth-order valence-corrected chi connectivity index (χ4v) is 4.48. The van der Waals surface area contributed by atoms with Crippen molar-refractivity contribution in [1.82, 2.24) is 4.90 Å². The van der Waals surface area contributed by atoms with E-state index in [0.717, 1.165) is 16.3 Å². The first-order valence-corrected chi connectivity index (χ1v) is 10.9. The molecule has 1 unspecified atom stereocenters. The van der Waals surface area contributed by atoms with E-state index in [1.165, 1.54) is 18.1 Å². The Bertz CT molecular complexity index is 1250. The molecule has 1 atom stereocenters. The normalized spacial score (nSPS) is 17.7. The molecule has 1 N–H and O–H groups in total. The van der Waals surface area contributed by atoms with Crippen LogP contribution in [-0.2, 0) is 14.3 Å². The molecule has 1 aliphatic heterocycles. The van der Waals surface area contributed by atoms with Crippen molar-refractivity contribution in [3.05, 3.63) is 82.4 Å². The minimum absolute atomic E-state index is 0.00864. The van der Waals surface area contributed by atoms with Gasteiger partial charge in [0.15, 0.2) is 0 Å². The van der Waals surface area contributed by atoms with Crippen molar-refractivity contribution < 1.29 is 24.2 Å². The van der Waals surface area contributed by atoms with Gasteiger partial charge in [0.05, 0.1) is 24.3 Å². The molecular weight excluding hydrogens is 442 g/mol. The molecule has 1 heterocycles. The van der Waals surface area contributed by atoms with E-state index in [1.807, 2.05) is 42.5 Å². The summed E-state index contributed by atoms with van der Waals surface area (Å²) < 4.78 is 10.5. The molecule has 0 spiro atoms. The highest BCUT2D eigenvalue weighted by Crippen LogP contribution is 2.43. The summed E-state index contributed by atoms with van der Waals surface area (Å²) in [5, 5.41) is 13.6. The number of Topliss-reactive ketones (excluding diaryl/α,β-unsaturated/α-hetero) is 1. The number of ether oxygens (including phenoxy) is 2. The molecule has 4 rings (SSSR count). The second-order valence-corrected chi connectivity index (χ2v) is 8.19. The maximum absolute atomic E-state index is 13.3. The van der Waals surface area contributed by atoms with Gasteiger partial charge in [-0.3, -0.25) is 9.59 Å². The van der Waals surface area contributed by atoms with E-state index in [9.17, 15) is 14.7 Å². The van der Waals surface area contributed by atoms with E-state index >= 15 is 0 Å². The lowest BCUT2D eigenvalue weighted by Crippen LogP contribution is -2.31. The van der Waals surface area contributed by atoms with E-state index < -0.39 is 17.7 Å². The molecular formula is C26H24ClNO5. The second-order valence-electron chi connectivity index (χ2n) is 7.75. The summed E-state index contributed by atoms with van der Waals surface area (Å²) >= 11 is 6.17. The quantitative estimate of drug-likeness (QED) is 0.231. The Morgan fingerprint density at radius 3 is 2.58 bits per heavy atom. The van der Waals surface area contributed by atoms with Crippen LogP contribution in [0.25, 0.3) is 16.5 Å². The summed E-state index contributed by atoms with van der Waals surface area (Å²) in [5.41, 5.74) is 1.02. The highest BCUT2D eigenvalue weighted by Gasteiger charge is 2.46. The standard InChI is InChI=1S/C26H24ClNO5/c1-32-14-6-13-28-23(19-10-5-8-16-7-3-4-9-18(16)19)22(25(30)26(28)31)24(29)20-15-17(27)11-12-21(20)33-2/h3-5,7-12,15,23,29H,6,13-14H2,1-2H3/b24-22+. The number of ketones is 1. The van der Waals surface area contributed by atoms with E-state index in [1.54, 1.807) is 19.2 Å².